The number of nitrogens with zero attached hydrogens (tertiary/aromatic N) is 3. The Balaban J connectivity index is 1.77. The van der Waals surface area contributed by atoms with Crippen LogP contribution in [-0.4, -0.2) is 59.7 Å². The highest BCUT2D eigenvalue weighted by atomic mass is 32.2. The zero-order chi connectivity index (χ0) is 21.7. The van der Waals surface area contributed by atoms with Gasteiger partial charge in [-0.15, -0.1) is 0 Å². The molecular formula is C20H20N4O5S. The Hall–Kier alpha value is -3.40. The lowest BCUT2D eigenvalue weighted by Crippen LogP contribution is -2.54. The molecule has 0 radical (unpaired) electrons. The second-order valence-corrected chi connectivity index (χ2v) is 6.99. The van der Waals surface area contributed by atoms with E-state index in [1.807, 2.05) is 12.3 Å². The highest BCUT2D eigenvalue weighted by Gasteiger charge is 2.35. The van der Waals surface area contributed by atoms with E-state index in [0.29, 0.717) is 28.6 Å². The van der Waals surface area contributed by atoms with Gasteiger partial charge in [0.15, 0.2) is 16.7 Å². The summed E-state index contributed by atoms with van der Waals surface area (Å²) in [6, 6.07) is 4.59. The maximum absolute atomic E-state index is 12.8. The number of carbonyl (C=O) groups excluding carboxylic acids is 3. The molecule has 1 saturated heterocycles. The first-order valence-corrected chi connectivity index (χ1v) is 10.1. The number of benzene rings is 1. The van der Waals surface area contributed by atoms with E-state index >= 15 is 0 Å². The zero-order valence-corrected chi connectivity index (χ0v) is 17.5. The van der Waals surface area contributed by atoms with Gasteiger partial charge in [-0.25, -0.2) is 14.8 Å². The number of thioether (sulfide) groups is 1. The molecule has 3 rings (SSSR count). The van der Waals surface area contributed by atoms with E-state index in [1.54, 1.807) is 19.2 Å². The summed E-state index contributed by atoms with van der Waals surface area (Å²) in [5.74, 6) is -0.285. The number of hydrogen-bond donors (Lipinski definition) is 1. The van der Waals surface area contributed by atoms with Crippen LogP contribution in [0.3, 0.4) is 0 Å². The van der Waals surface area contributed by atoms with Crippen molar-refractivity contribution in [1.82, 2.24) is 20.2 Å². The van der Waals surface area contributed by atoms with Gasteiger partial charge in [0.2, 0.25) is 0 Å². The fourth-order valence-corrected chi connectivity index (χ4v) is 3.16. The van der Waals surface area contributed by atoms with Gasteiger partial charge in [-0.2, -0.15) is 0 Å². The Morgan fingerprint density at radius 3 is 2.43 bits per heavy atom. The molecule has 1 fully saturated rings. The Bertz CT molecular complexity index is 1010. The third-order valence-electron chi connectivity index (χ3n) is 4.40. The molecule has 0 spiro atoms. The summed E-state index contributed by atoms with van der Waals surface area (Å²) in [5, 5.41) is 2.77. The van der Waals surface area contributed by atoms with E-state index in [2.05, 4.69) is 15.3 Å². The molecule has 9 nitrogen and oxygen atoms in total. The maximum atomic E-state index is 12.8. The standard InChI is InChI=1S/C20H20N4O5S/c1-28-15-5-4-12(9-16(15)29-2)6-7-24-18(26)14(17(25)23-20(24)27)8-13-10-21-19(30-3)22-11-13/h4-5,8-11H,6-7H2,1-3H3,(H,23,25,27)/b14-8+. The van der Waals surface area contributed by atoms with Crippen molar-refractivity contribution in [3.8, 4) is 11.5 Å². The highest BCUT2D eigenvalue weighted by Crippen LogP contribution is 2.28. The third kappa shape index (κ3) is 4.60. The molecule has 0 unspecified atom stereocenters. The van der Waals surface area contributed by atoms with Crippen LogP contribution in [0.15, 0.2) is 41.3 Å². The Kier molecular flexibility index (Phi) is 6.68. The lowest BCUT2D eigenvalue weighted by atomic mass is 10.1. The van der Waals surface area contributed by atoms with Gasteiger partial charge in [0.1, 0.15) is 5.57 Å². The van der Waals surface area contributed by atoms with E-state index in [4.69, 9.17) is 9.47 Å². The summed E-state index contributed by atoms with van der Waals surface area (Å²) in [4.78, 5) is 46.4. The number of carbonyl (C=O) groups is 3. The molecule has 1 aromatic heterocycles. The third-order valence-corrected chi connectivity index (χ3v) is 4.98. The minimum Gasteiger partial charge on any atom is -0.493 e. The Morgan fingerprint density at radius 2 is 1.80 bits per heavy atom. The van der Waals surface area contributed by atoms with Crippen molar-refractivity contribution >= 4 is 35.7 Å². The average molecular weight is 428 g/mol. The Labute approximate surface area is 177 Å². The number of barbiturate groups is 1. The van der Waals surface area contributed by atoms with Gasteiger partial charge >= 0.3 is 6.03 Å². The van der Waals surface area contributed by atoms with Gasteiger partial charge in [0.05, 0.1) is 14.2 Å². The van der Waals surface area contributed by atoms with Crippen molar-refractivity contribution in [1.29, 1.82) is 0 Å². The number of urea groups is 1. The molecule has 0 aliphatic carbocycles. The van der Waals surface area contributed by atoms with Crippen LogP contribution in [0.4, 0.5) is 4.79 Å². The summed E-state index contributed by atoms with van der Waals surface area (Å²) < 4.78 is 10.5. The second-order valence-electron chi connectivity index (χ2n) is 6.22. The summed E-state index contributed by atoms with van der Waals surface area (Å²) in [5.41, 5.74) is 1.18. The number of ether oxygens (including phenoxy) is 2. The molecule has 0 atom stereocenters. The molecule has 2 aromatic rings. The first-order chi connectivity index (χ1) is 14.5. The number of methoxy groups -OCH3 is 2. The van der Waals surface area contributed by atoms with Crippen LogP contribution in [0.25, 0.3) is 6.08 Å². The van der Waals surface area contributed by atoms with Crippen LogP contribution in [0, 0.1) is 0 Å². The quantitative estimate of drug-likeness (QED) is 0.308. The lowest BCUT2D eigenvalue weighted by molar-refractivity contribution is -0.130. The first-order valence-electron chi connectivity index (χ1n) is 8.92. The highest BCUT2D eigenvalue weighted by molar-refractivity contribution is 7.98. The number of imide groups is 2. The van der Waals surface area contributed by atoms with Gasteiger partial charge < -0.3 is 9.47 Å². The Morgan fingerprint density at radius 1 is 1.10 bits per heavy atom. The van der Waals surface area contributed by atoms with E-state index in [0.717, 1.165) is 10.5 Å². The normalized spacial score (nSPS) is 15.4. The first kappa shape index (κ1) is 21.3. The molecule has 1 aromatic carbocycles. The molecule has 156 valence electrons. The average Bonchev–Trinajstić information content (AvgIpc) is 2.76. The van der Waals surface area contributed by atoms with Crippen molar-refractivity contribution in [2.24, 2.45) is 0 Å². The summed E-state index contributed by atoms with van der Waals surface area (Å²) in [6.07, 6.45) is 6.62. The predicted molar refractivity (Wildman–Crippen MR) is 110 cm³/mol. The molecule has 2 heterocycles. The topological polar surface area (TPSA) is 111 Å². The van der Waals surface area contributed by atoms with E-state index in [9.17, 15) is 14.4 Å². The van der Waals surface area contributed by atoms with Crippen LogP contribution in [0.1, 0.15) is 11.1 Å². The number of rotatable bonds is 7. The van der Waals surface area contributed by atoms with Crippen LogP contribution in [0.5, 0.6) is 11.5 Å². The number of hydrogen-bond acceptors (Lipinski definition) is 8. The SMILES string of the molecule is COc1ccc(CCN2C(=O)NC(=O)/C(=C\c3cnc(SC)nc3)C2=O)cc1OC. The predicted octanol–water partition coefficient (Wildman–Crippen LogP) is 1.92. The van der Waals surface area contributed by atoms with Crippen LogP contribution in [-0.2, 0) is 16.0 Å². The van der Waals surface area contributed by atoms with Crippen LogP contribution >= 0.6 is 11.8 Å². The van der Waals surface area contributed by atoms with Crippen molar-refractivity contribution in [3.05, 3.63) is 47.3 Å². The monoisotopic (exact) mass is 428 g/mol. The fourth-order valence-electron chi connectivity index (χ4n) is 2.85. The maximum Gasteiger partial charge on any atom is 0.331 e. The van der Waals surface area contributed by atoms with Gasteiger partial charge in [0.25, 0.3) is 11.8 Å². The molecule has 1 N–H and O–H groups in total. The van der Waals surface area contributed by atoms with Crippen LogP contribution in [0.2, 0.25) is 0 Å². The largest absolute Gasteiger partial charge is 0.493 e. The summed E-state index contributed by atoms with van der Waals surface area (Å²) in [7, 11) is 3.07. The number of nitrogens with one attached hydrogen (secondary N) is 1. The molecule has 0 bridgehead atoms. The van der Waals surface area contributed by atoms with Crippen molar-refractivity contribution in [3.63, 3.8) is 0 Å². The van der Waals surface area contributed by atoms with Gasteiger partial charge in [-0.3, -0.25) is 19.8 Å². The van der Waals surface area contributed by atoms with E-state index in [1.165, 1.54) is 37.3 Å². The molecule has 1 aliphatic rings. The van der Waals surface area contributed by atoms with Gasteiger partial charge in [0, 0.05) is 24.5 Å². The fraction of sp³-hybridized carbons (Fsp3) is 0.250. The van der Waals surface area contributed by atoms with Crippen molar-refractivity contribution < 1.29 is 23.9 Å². The second kappa shape index (κ2) is 9.40. The summed E-state index contributed by atoms with van der Waals surface area (Å²) in [6.45, 7) is 0.0900. The lowest BCUT2D eigenvalue weighted by Gasteiger charge is -2.26. The molecule has 4 amide bonds. The smallest absolute Gasteiger partial charge is 0.331 e. The minimum atomic E-state index is -0.753. The summed E-state index contributed by atoms with van der Waals surface area (Å²) >= 11 is 1.38. The van der Waals surface area contributed by atoms with Gasteiger partial charge in [-0.1, -0.05) is 17.8 Å². The molecule has 0 saturated carbocycles. The van der Waals surface area contributed by atoms with Gasteiger partial charge in [-0.05, 0) is 36.4 Å². The number of amides is 4. The zero-order valence-electron chi connectivity index (χ0n) is 16.7. The molecule has 10 heteroatoms. The molecule has 30 heavy (non-hydrogen) atoms. The minimum absolute atomic E-state index is 0.0900. The van der Waals surface area contributed by atoms with E-state index in [-0.39, 0.29) is 12.1 Å². The molecule has 1 aliphatic heterocycles. The van der Waals surface area contributed by atoms with Crippen LogP contribution < -0.4 is 14.8 Å². The van der Waals surface area contributed by atoms with Crippen molar-refractivity contribution in [2.45, 2.75) is 11.6 Å². The number of aromatic nitrogens is 2. The van der Waals surface area contributed by atoms with E-state index < -0.39 is 17.8 Å². The van der Waals surface area contributed by atoms with Crippen molar-refractivity contribution in [2.75, 3.05) is 27.0 Å². The molecular weight excluding hydrogens is 408 g/mol.